The van der Waals surface area contributed by atoms with Crippen LogP contribution in [0.1, 0.15) is 37.3 Å². The lowest BCUT2D eigenvalue weighted by molar-refractivity contribution is -0.137. The zero-order chi connectivity index (χ0) is 15.2. The van der Waals surface area contributed by atoms with Gasteiger partial charge in [-0.05, 0) is 44.7 Å². The third-order valence-electron chi connectivity index (χ3n) is 4.84. The van der Waals surface area contributed by atoms with Gasteiger partial charge in [0.15, 0.2) is 0 Å². The summed E-state index contributed by atoms with van der Waals surface area (Å²) in [5.74, 6) is 1.25. The third-order valence-corrected chi connectivity index (χ3v) is 4.84. The molecule has 6 heteroatoms. The minimum Gasteiger partial charge on any atom is -0.371 e. The molecule has 0 bridgehead atoms. The van der Waals surface area contributed by atoms with Crippen LogP contribution in [0.5, 0.6) is 0 Å². The van der Waals surface area contributed by atoms with Crippen LogP contribution in [0.25, 0.3) is 0 Å². The van der Waals surface area contributed by atoms with E-state index in [0.717, 1.165) is 58.5 Å². The number of nitrogens with one attached hydrogen (secondary N) is 2. The molecule has 0 spiro atoms. The van der Waals surface area contributed by atoms with Crippen molar-refractivity contribution in [3.05, 3.63) is 18.2 Å². The highest BCUT2D eigenvalue weighted by molar-refractivity contribution is 5.77. The van der Waals surface area contributed by atoms with Crippen molar-refractivity contribution in [2.75, 3.05) is 39.4 Å². The average molecular weight is 306 g/mol. The van der Waals surface area contributed by atoms with Gasteiger partial charge in [0.05, 0.1) is 12.9 Å². The van der Waals surface area contributed by atoms with Crippen LogP contribution in [0.2, 0.25) is 0 Å². The molecule has 22 heavy (non-hydrogen) atoms. The van der Waals surface area contributed by atoms with Gasteiger partial charge in [-0.2, -0.15) is 0 Å². The maximum absolute atomic E-state index is 12.2. The fourth-order valence-corrected chi connectivity index (χ4v) is 3.38. The molecule has 2 N–H and O–H groups in total. The number of rotatable bonds is 5. The summed E-state index contributed by atoms with van der Waals surface area (Å²) in [6, 6.07) is 0. The highest BCUT2D eigenvalue weighted by Gasteiger charge is 2.24. The third kappa shape index (κ3) is 4.08. The topological polar surface area (TPSA) is 70.2 Å². The van der Waals surface area contributed by atoms with Crippen molar-refractivity contribution in [3.8, 4) is 0 Å². The minimum atomic E-state index is 0.136. The Hall–Kier alpha value is -1.40. The molecule has 2 fully saturated rings. The Kier molecular flexibility index (Phi) is 5.45. The van der Waals surface area contributed by atoms with Crippen molar-refractivity contribution in [2.24, 2.45) is 5.92 Å². The molecular weight excluding hydrogens is 280 g/mol. The lowest BCUT2D eigenvalue weighted by atomic mass is 9.94. The van der Waals surface area contributed by atoms with Crippen LogP contribution in [0, 0.1) is 5.92 Å². The van der Waals surface area contributed by atoms with E-state index >= 15 is 0 Å². The fraction of sp³-hybridized carbons (Fsp3) is 0.750. The Balaban J connectivity index is 1.35. The SMILES string of the molecule is O=C(COCC1CCNCC1)N1CCC(c2cnc[nH]2)CC1. The van der Waals surface area contributed by atoms with Gasteiger partial charge in [0.2, 0.25) is 5.91 Å². The first-order valence-corrected chi connectivity index (χ1v) is 8.37. The number of hydrogen-bond acceptors (Lipinski definition) is 4. The van der Waals surface area contributed by atoms with E-state index in [1.807, 2.05) is 11.1 Å². The molecule has 1 aromatic rings. The Morgan fingerprint density at radius 2 is 2.05 bits per heavy atom. The van der Waals surface area contributed by atoms with Gasteiger partial charge in [-0.15, -0.1) is 0 Å². The van der Waals surface area contributed by atoms with Gasteiger partial charge in [-0.1, -0.05) is 0 Å². The second-order valence-corrected chi connectivity index (χ2v) is 6.37. The lowest BCUT2D eigenvalue weighted by Crippen LogP contribution is -2.40. The molecule has 0 saturated carbocycles. The first kappa shape index (κ1) is 15.5. The normalized spacial score (nSPS) is 21.2. The lowest BCUT2D eigenvalue weighted by Gasteiger charge is -2.31. The molecule has 6 nitrogen and oxygen atoms in total. The fourth-order valence-electron chi connectivity index (χ4n) is 3.38. The summed E-state index contributed by atoms with van der Waals surface area (Å²) in [4.78, 5) is 21.4. The number of H-pyrrole nitrogens is 1. The van der Waals surface area contributed by atoms with Crippen LogP contribution in [-0.4, -0.2) is 60.2 Å². The first-order valence-electron chi connectivity index (χ1n) is 8.37. The average Bonchev–Trinajstić information content (AvgIpc) is 3.10. The summed E-state index contributed by atoms with van der Waals surface area (Å²) in [5, 5.41) is 3.34. The number of imidazole rings is 1. The van der Waals surface area contributed by atoms with Gasteiger partial charge in [-0.25, -0.2) is 4.98 Å². The van der Waals surface area contributed by atoms with Crippen LogP contribution in [0.3, 0.4) is 0 Å². The Bertz CT molecular complexity index is 449. The largest absolute Gasteiger partial charge is 0.371 e. The van der Waals surface area contributed by atoms with E-state index < -0.39 is 0 Å². The number of amides is 1. The van der Waals surface area contributed by atoms with Gasteiger partial charge in [0.25, 0.3) is 0 Å². The van der Waals surface area contributed by atoms with Crippen LogP contribution >= 0.6 is 0 Å². The summed E-state index contributed by atoms with van der Waals surface area (Å²) in [6.45, 7) is 4.74. The highest BCUT2D eigenvalue weighted by Crippen LogP contribution is 2.26. The maximum atomic E-state index is 12.2. The van der Waals surface area contributed by atoms with E-state index in [-0.39, 0.29) is 12.5 Å². The molecule has 122 valence electrons. The number of ether oxygens (including phenoxy) is 1. The molecule has 0 aliphatic carbocycles. The number of likely N-dealkylation sites (tertiary alicyclic amines) is 1. The number of nitrogens with zero attached hydrogens (tertiary/aromatic N) is 2. The molecule has 2 aliphatic rings. The van der Waals surface area contributed by atoms with Crippen molar-refractivity contribution in [2.45, 2.75) is 31.6 Å². The second kappa shape index (κ2) is 7.74. The van der Waals surface area contributed by atoms with E-state index in [2.05, 4.69) is 15.3 Å². The monoisotopic (exact) mass is 306 g/mol. The van der Waals surface area contributed by atoms with Gasteiger partial charge in [0.1, 0.15) is 6.61 Å². The Labute approximate surface area is 131 Å². The smallest absolute Gasteiger partial charge is 0.248 e. The van der Waals surface area contributed by atoms with E-state index in [1.54, 1.807) is 6.33 Å². The van der Waals surface area contributed by atoms with Crippen molar-refractivity contribution < 1.29 is 9.53 Å². The van der Waals surface area contributed by atoms with Crippen LogP contribution < -0.4 is 5.32 Å². The highest BCUT2D eigenvalue weighted by atomic mass is 16.5. The molecule has 0 unspecified atom stereocenters. The predicted octanol–water partition coefficient (Wildman–Crippen LogP) is 1.13. The van der Waals surface area contributed by atoms with Crippen LogP contribution in [-0.2, 0) is 9.53 Å². The Morgan fingerprint density at radius 1 is 1.27 bits per heavy atom. The summed E-state index contributed by atoms with van der Waals surface area (Å²) in [7, 11) is 0. The molecule has 0 radical (unpaired) electrons. The van der Waals surface area contributed by atoms with Crippen molar-refractivity contribution in [1.29, 1.82) is 0 Å². The first-order chi connectivity index (χ1) is 10.8. The number of carbonyl (C=O) groups is 1. The van der Waals surface area contributed by atoms with Crippen molar-refractivity contribution in [1.82, 2.24) is 20.2 Å². The van der Waals surface area contributed by atoms with Gasteiger partial charge in [0, 0.05) is 30.9 Å². The molecule has 2 aliphatic heterocycles. The maximum Gasteiger partial charge on any atom is 0.248 e. The zero-order valence-electron chi connectivity index (χ0n) is 13.1. The van der Waals surface area contributed by atoms with Crippen LogP contribution in [0.4, 0.5) is 0 Å². The molecule has 2 saturated heterocycles. The summed E-state index contributed by atoms with van der Waals surface area (Å²) in [6.07, 6.45) is 7.93. The molecular formula is C16H26N4O2. The standard InChI is InChI=1S/C16H26N4O2/c21-16(11-22-10-13-1-5-17-6-2-13)20-7-3-14(4-8-20)15-9-18-12-19-15/h9,12-14,17H,1-8,10-11H2,(H,18,19). The van der Waals surface area contributed by atoms with E-state index in [9.17, 15) is 4.79 Å². The number of piperidine rings is 2. The molecule has 0 atom stereocenters. The predicted molar refractivity (Wildman–Crippen MR) is 83.6 cm³/mol. The molecule has 3 heterocycles. The molecule has 1 amide bonds. The van der Waals surface area contributed by atoms with Crippen molar-refractivity contribution in [3.63, 3.8) is 0 Å². The summed E-state index contributed by atoms with van der Waals surface area (Å²) >= 11 is 0. The molecule has 3 rings (SSSR count). The molecule has 0 aromatic carbocycles. The van der Waals surface area contributed by atoms with Crippen LogP contribution in [0.15, 0.2) is 12.5 Å². The minimum absolute atomic E-state index is 0.136. The number of carbonyl (C=O) groups excluding carboxylic acids is 1. The summed E-state index contributed by atoms with van der Waals surface area (Å²) < 4.78 is 5.65. The number of aromatic nitrogens is 2. The van der Waals surface area contributed by atoms with Crippen molar-refractivity contribution >= 4 is 5.91 Å². The van der Waals surface area contributed by atoms with E-state index in [1.165, 1.54) is 5.69 Å². The number of hydrogen-bond donors (Lipinski definition) is 2. The van der Waals surface area contributed by atoms with E-state index in [0.29, 0.717) is 11.8 Å². The van der Waals surface area contributed by atoms with Gasteiger partial charge in [-0.3, -0.25) is 4.79 Å². The van der Waals surface area contributed by atoms with Gasteiger partial charge < -0.3 is 19.9 Å². The quantitative estimate of drug-likeness (QED) is 0.855. The van der Waals surface area contributed by atoms with E-state index in [4.69, 9.17) is 4.74 Å². The summed E-state index contributed by atoms with van der Waals surface area (Å²) in [5.41, 5.74) is 1.19. The number of aromatic amines is 1. The zero-order valence-corrected chi connectivity index (χ0v) is 13.1. The molecule has 1 aromatic heterocycles. The van der Waals surface area contributed by atoms with Gasteiger partial charge >= 0.3 is 0 Å². The second-order valence-electron chi connectivity index (χ2n) is 6.37. The Morgan fingerprint density at radius 3 is 2.73 bits per heavy atom.